The number of hydrogen-bond acceptors (Lipinski definition) is 6. The molecule has 1 unspecified atom stereocenters. The minimum Gasteiger partial charge on any atom is -0.485 e. The highest BCUT2D eigenvalue weighted by Crippen LogP contribution is 2.31. The van der Waals surface area contributed by atoms with Crippen molar-refractivity contribution in [3.05, 3.63) is 52.3 Å². The summed E-state index contributed by atoms with van der Waals surface area (Å²) < 4.78 is 18.9. The van der Waals surface area contributed by atoms with Gasteiger partial charge in [-0.3, -0.25) is 9.59 Å². The molecule has 0 aliphatic carbocycles. The molecule has 4 rings (SSSR count). The Balaban J connectivity index is 1.75. The maximum absolute atomic E-state index is 12.8. The summed E-state index contributed by atoms with van der Waals surface area (Å²) in [6.07, 6.45) is -0.843. The summed E-state index contributed by atoms with van der Waals surface area (Å²) in [5.41, 5.74) is 2.96. The molecular formula is C21H20N2O5S. The van der Waals surface area contributed by atoms with Crippen molar-refractivity contribution in [2.45, 2.75) is 26.5 Å². The molecule has 29 heavy (non-hydrogen) atoms. The van der Waals surface area contributed by atoms with E-state index in [1.165, 1.54) is 18.4 Å². The van der Waals surface area contributed by atoms with E-state index < -0.39 is 18.0 Å². The van der Waals surface area contributed by atoms with Crippen molar-refractivity contribution in [3.8, 4) is 11.5 Å². The predicted molar refractivity (Wildman–Crippen MR) is 108 cm³/mol. The largest absolute Gasteiger partial charge is 0.485 e. The second kappa shape index (κ2) is 7.71. The molecule has 3 aromatic rings. The molecule has 0 fully saturated rings. The molecule has 1 aliphatic heterocycles. The second-order valence-corrected chi connectivity index (χ2v) is 7.77. The number of carbonyl (C=O) groups is 2. The third kappa shape index (κ3) is 3.75. The van der Waals surface area contributed by atoms with Crippen LogP contribution in [0.15, 0.2) is 41.4 Å². The van der Waals surface area contributed by atoms with Crippen molar-refractivity contribution in [3.63, 3.8) is 0 Å². The molecule has 1 amide bonds. The molecule has 0 N–H and O–H groups in total. The van der Waals surface area contributed by atoms with E-state index in [1.54, 1.807) is 16.7 Å². The van der Waals surface area contributed by atoms with E-state index in [4.69, 9.17) is 14.2 Å². The summed E-state index contributed by atoms with van der Waals surface area (Å²) >= 11 is 1.36. The van der Waals surface area contributed by atoms with E-state index in [1.807, 2.05) is 32.0 Å². The van der Waals surface area contributed by atoms with Gasteiger partial charge in [-0.05, 0) is 43.2 Å². The first-order chi connectivity index (χ1) is 14.0. The van der Waals surface area contributed by atoms with Crippen molar-refractivity contribution in [1.29, 1.82) is 0 Å². The Morgan fingerprint density at radius 1 is 1.24 bits per heavy atom. The average Bonchev–Trinajstić information content (AvgIpc) is 3.04. The monoisotopic (exact) mass is 412 g/mol. The summed E-state index contributed by atoms with van der Waals surface area (Å²) in [4.78, 5) is 29.5. The van der Waals surface area contributed by atoms with Crippen LogP contribution >= 0.6 is 11.3 Å². The molecule has 7 nitrogen and oxygen atoms in total. The van der Waals surface area contributed by atoms with Gasteiger partial charge in [-0.2, -0.15) is 4.99 Å². The zero-order valence-electron chi connectivity index (χ0n) is 16.3. The molecule has 1 aliphatic rings. The van der Waals surface area contributed by atoms with Crippen LogP contribution in [0.3, 0.4) is 0 Å². The number of benzene rings is 2. The zero-order chi connectivity index (χ0) is 20.5. The molecule has 2 aromatic carbocycles. The van der Waals surface area contributed by atoms with Crippen molar-refractivity contribution in [2.24, 2.45) is 4.99 Å². The quantitative estimate of drug-likeness (QED) is 0.618. The van der Waals surface area contributed by atoms with Crippen LogP contribution in [0.4, 0.5) is 0 Å². The molecule has 1 atom stereocenters. The van der Waals surface area contributed by atoms with Crippen molar-refractivity contribution in [1.82, 2.24) is 4.57 Å². The Bertz CT molecular complexity index is 1180. The Hall–Kier alpha value is -3.13. The number of nitrogens with zero attached hydrogens (tertiary/aromatic N) is 2. The van der Waals surface area contributed by atoms with Gasteiger partial charge in [-0.15, -0.1) is 0 Å². The van der Waals surface area contributed by atoms with Gasteiger partial charge in [0, 0.05) is 0 Å². The van der Waals surface area contributed by atoms with Crippen LogP contribution in [0.25, 0.3) is 10.2 Å². The standard InChI is InChI=1S/C21H20N2O5S/c1-12-8-13(2)19-14(9-12)23(10-18(24)26-3)21(29-19)22-20(25)17-11-27-15-6-4-5-7-16(15)28-17/h4-9,17H,10-11H2,1-3H3. The van der Waals surface area contributed by atoms with Crippen LogP contribution in [0.1, 0.15) is 11.1 Å². The number of ether oxygens (including phenoxy) is 3. The Morgan fingerprint density at radius 2 is 2.00 bits per heavy atom. The van der Waals surface area contributed by atoms with Crippen molar-refractivity contribution < 1.29 is 23.8 Å². The Morgan fingerprint density at radius 3 is 2.76 bits per heavy atom. The molecule has 150 valence electrons. The molecule has 0 radical (unpaired) electrons. The first kappa shape index (κ1) is 19.2. The summed E-state index contributed by atoms with van der Waals surface area (Å²) in [7, 11) is 1.33. The summed E-state index contributed by atoms with van der Waals surface area (Å²) in [5, 5.41) is 0. The van der Waals surface area contributed by atoms with Crippen LogP contribution in [-0.2, 0) is 20.9 Å². The first-order valence-electron chi connectivity index (χ1n) is 9.10. The number of aromatic nitrogens is 1. The fraction of sp³-hybridized carbons (Fsp3) is 0.286. The topological polar surface area (TPSA) is 79.1 Å². The van der Waals surface area contributed by atoms with Crippen LogP contribution in [0.5, 0.6) is 11.5 Å². The summed E-state index contributed by atoms with van der Waals surface area (Å²) in [6.45, 7) is 4.03. The van der Waals surface area contributed by atoms with Crippen LogP contribution in [0, 0.1) is 13.8 Å². The van der Waals surface area contributed by atoms with E-state index >= 15 is 0 Å². The number of hydrogen-bond donors (Lipinski definition) is 0. The molecular weight excluding hydrogens is 392 g/mol. The number of esters is 1. The molecule has 0 spiro atoms. The van der Waals surface area contributed by atoms with E-state index in [0.717, 1.165) is 21.3 Å². The highest BCUT2D eigenvalue weighted by molar-refractivity contribution is 7.16. The molecule has 8 heteroatoms. The van der Waals surface area contributed by atoms with E-state index in [-0.39, 0.29) is 13.2 Å². The summed E-state index contributed by atoms with van der Waals surface area (Å²) in [6, 6.07) is 11.2. The number of rotatable bonds is 3. The average molecular weight is 412 g/mol. The van der Waals surface area contributed by atoms with Crippen LogP contribution in [0.2, 0.25) is 0 Å². The molecule has 1 aromatic heterocycles. The maximum atomic E-state index is 12.8. The number of carbonyl (C=O) groups excluding carboxylic acids is 2. The molecule has 0 saturated heterocycles. The van der Waals surface area contributed by atoms with Crippen molar-refractivity contribution >= 4 is 33.4 Å². The second-order valence-electron chi connectivity index (χ2n) is 6.79. The van der Waals surface area contributed by atoms with Gasteiger partial charge in [0.1, 0.15) is 13.2 Å². The SMILES string of the molecule is COC(=O)Cn1c(=NC(=O)C2COc3ccccc3O2)sc2c(C)cc(C)cc21. The minimum absolute atomic E-state index is 0.0314. The highest BCUT2D eigenvalue weighted by Gasteiger charge is 2.27. The van der Waals surface area contributed by atoms with Gasteiger partial charge in [0.25, 0.3) is 5.91 Å². The van der Waals surface area contributed by atoms with Gasteiger partial charge in [0.2, 0.25) is 6.10 Å². The van der Waals surface area contributed by atoms with Gasteiger partial charge in [0.15, 0.2) is 16.3 Å². The lowest BCUT2D eigenvalue weighted by atomic mass is 10.1. The van der Waals surface area contributed by atoms with E-state index in [9.17, 15) is 9.59 Å². The van der Waals surface area contributed by atoms with Crippen LogP contribution in [-0.4, -0.2) is 36.3 Å². The number of thiazole rings is 1. The lowest BCUT2D eigenvalue weighted by Crippen LogP contribution is -2.37. The third-order valence-corrected chi connectivity index (χ3v) is 5.85. The van der Waals surface area contributed by atoms with E-state index in [0.29, 0.717) is 16.3 Å². The van der Waals surface area contributed by atoms with Gasteiger partial charge in [0.05, 0.1) is 17.3 Å². The third-order valence-electron chi connectivity index (χ3n) is 4.62. The number of amides is 1. The number of aryl methyl sites for hydroxylation is 2. The summed E-state index contributed by atoms with van der Waals surface area (Å²) in [5.74, 6) is 0.241. The number of para-hydroxylation sites is 2. The normalized spacial score (nSPS) is 16.1. The number of fused-ring (bicyclic) bond motifs is 2. The predicted octanol–water partition coefficient (Wildman–Crippen LogP) is 2.76. The molecule has 0 bridgehead atoms. The minimum atomic E-state index is -0.843. The Labute approximate surface area is 171 Å². The lowest BCUT2D eigenvalue weighted by molar-refractivity contribution is -0.141. The van der Waals surface area contributed by atoms with Gasteiger partial charge in [-0.1, -0.05) is 29.5 Å². The van der Waals surface area contributed by atoms with Gasteiger partial charge >= 0.3 is 5.97 Å². The number of methoxy groups -OCH3 is 1. The highest BCUT2D eigenvalue weighted by atomic mass is 32.1. The maximum Gasteiger partial charge on any atom is 0.325 e. The molecule has 0 saturated carbocycles. The first-order valence-corrected chi connectivity index (χ1v) is 9.92. The lowest BCUT2D eigenvalue weighted by Gasteiger charge is -2.23. The smallest absolute Gasteiger partial charge is 0.325 e. The zero-order valence-corrected chi connectivity index (χ0v) is 17.1. The van der Waals surface area contributed by atoms with E-state index in [2.05, 4.69) is 11.1 Å². The Kier molecular flexibility index (Phi) is 5.10. The molecule has 2 heterocycles. The fourth-order valence-corrected chi connectivity index (χ4v) is 4.34. The van der Waals surface area contributed by atoms with Crippen molar-refractivity contribution in [2.75, 3.05) is 13.7 Å². The van der Waals surface area contributed by atoms with Gasteiger partial charge in [-0.25, -0.2) is 0 Å². The van der Waals surface area contributed by atoms with Crippen LogP contribution < -0.4 is 14.3 Å². The van der Waals surface area contributed by atoms with Gasteiger partial charge < -0.3 is 18.8 Å². The fourth-order valence-electron chi connectivity index (χ4n) is 3.25.